The van der Waals surface area contributed by atoms with Crippen LogP contribution in [0.15, 0.2) is 34.7 Å². The summed E-state index contributed by atoms with van der Waals surface area (Å²) in [4.78, 5) is 27.2. The predicted molar refractivity (Wildman–Crippen MR) is 137 cm³/mol. The number of nitrogens with zero attached hydrogens (tertiary/aromatic N) is 2. The molecule has 0 aliphatic heterocycles. The van der Waals surface area contributed by atoms with Crippen LogP contribution in [0.3, 0.4) is 0 Å². The maximum absolute atomic E-state index is 12.9. The second-order valence-corrected chi connectivity index (χ2v) is 13.7. The first-order chi connectivity index (χ1) is 16.4. The van der Waals surface area contributed by atoms with E-state index < -0.39 is 17.4 Å². The number of aromatic nitrogens is 1. The van der Waals surface area contributed by atoms with Gasteiger partial charge in [0.2, 0.25) is 15.7 Å². The predicted octanol–water partition coefficient (Wildman–Crippen LogP) is 4.10. The molecule has 11 heteroatoms. The molecule has 2 N–H and O–H groups in total. The van der Waals surface area contributed by atoms with Crippen LogP contribution in [0.4, 0.5) is 5.82 Å². The summed E-state index contributed by atoms with van der Waals surface area (Å²) in [6.07, 6.45) is 3.07. The van der Waals surface area contributed by atoms with Gasteiger partial charge in [-0.2, -0.15) is 4.98 Å². The summed E-state index contributed by atoms with van der Waals surface area (Å²) in [5, 5.41) is 3.19. The Morgan fingerprint density at radius 2 is 1.94 bits per heavy atom. The molecule has 4 rings (SSSR count). The van der Waals surface area contributed by atoms with Gasteiger partial charge in [-0.25, -0.2) is 8.42 Å². The standard InChI is InChI=1S/C24H30N3O6PS/c1-15-6-8-17(9-7-15)21-20(23(28)25-2)19-14-18(16-10-11-16)22(26-24(19)33-21)27(35(4,31)32)12-5-13-34(3,29)30/h6-9,14,16H,5,10-13H2,1-4H3,(H,25,28)(H,29,30). The minimum absolute atomic E-state index is 0.000824. The topological polar surface area (TPSA) is 130 Å². The SMILES string of the molecule is CNC(=O)c1c(-c2ccc(C)cc2)oc2nc(N(CCCP(C)(=O)O)S(C)(=O)=O)c(C3CC3)cc12. The van der Waals surface area contributed by atoms with Gasteiger partial charge in [-0.1, -0.05) is 29.8 Å². The number of carbonyl (C=O) groups excluding carboxylic acids is 1. The molecule has 1 amide bonds. The lowest BCUT2D eigenvalue weighted by atomic mass is 10.0. The molecule has 1 aromatic carbocycles. The lowest BCUT2D eigenvalue weighted by molar-refractivity contribution is 0.0964. The Morgan fingerprint density at radius 3 is 2.49 bits per heavy atom. The average molecular weight is 520 g/mol. The maximum atomic E-state index is 12.9. The van der Waals surface area contributed by atoms with Crippen molar-refractivity contribution in [3.63, 3.8) is 0 Å². The fourth-order valence-electron chi connectivity index (χ4n) is 4.12. The Balaban J connectivity index is 1.90. The quantitative estimate of drug-likeness (QED) is 0.407. The van der Waals surface area contributed by atoms with Crippen LogP contribution in [0, 0.1) is 6.92 Å². The fourth-order valence-corrected chi connectivity index (χ4v) is 5.77. The van der Waals surface area contributed by atoms with Crippen molar-refractivity contribution in [1.82, 2.24) is 10.3 Å². The Bertz CT molecular complexity index is 1420. The van der Waals surface area contributed by atoms with Gasteiger partial charge in [0.15, 0.2) is 7.37 Å². The van der Waals surface area contributed by atoms with Crippen molar-refractivity contribution >= 4 is 40.2 Å². The van der Waals surface area contributed by atoms with E-state index in [1.54, 1.807) is 7.05 Å². The number of nitrogens with one attached hydrogen (secondary N) is 1. The number of sulfonamides is 1. The molecule has 1 atom stereocenters. The molecule has 2 heterocycles. The van der Waals surface area contributed by atoms with Crippen LogP contribution in [0.1, 0.15) is 46.7 Å². The normalized spacial score (nSPS) is 15.7. The molecule has 9 nitrogen and oxygen atoms in total. The van der Waals surface area contributed by atoms with Gasteiger partial charge in [-0.15, -0.1) is 0 Å². The van der Waals surface area contributed by atoms with Gasteiger partial charge in [0, 0.05) is 32.0 Å². The summed E-state index contributed by atoms with van der Waals surface area (Å²) in [7, 11) is -5.47. The van der Waals surface area contributed by atoms with Crippen molar-refractivity contribution in [2.24, 2.45) is 0 Å². The molecule has 0 bridgehead atoms. The summed E-state index contributed by atoms with van der Waals surface area (Å²) >= 11 is 0. The van der Waals surface area contributed by atoms with Crippen LogP contribution in [-0.2, 0) is 14.6 Å². The summed E-state index contributed by atoms with van der Waals surface area (Å²) in [6.45, 7) is 3.24. The third kappa shape index (κ3) is 5.60. The van der Waals surface area contributed by atoms with Gasteiger partial charge >= 0.3 is 0 Å². The second kappa shape index (κ2) is 9.41. The second-order valence-electron chi connectivity index (χ2n) is 9.24. The largest absolute Gasteiger partial charge is 0.437 e. The highest BCUT2D eigenvalue weighted by Gasteiger charge is 2.34. The van der Waals surface area contributed by atoms with E-state index in [0.717, 1.165) is 30.2 Å². The van der Waals surface area contributed by atoms with Crippen molar-refractivity contribution in [3.05, 3.63) is 47.0 Å². The maximum Gasteiger partial charge on any atom is 0.255 e. The number of carbonyl (C=O) groups is 1. The van der Waals surface area contributed by atoms with E-state index in [1.807, 2.05) is 37.3 Å². The van der Waals surface area contributed by atoms with Crippen LogP contribution < -0.4 is 9.62 Å². The smallest absolute Gasteiger partial charge is 0.255 e. The molecule has 2 aromatic heterocycles. The molecule has 0 spiro atoms. The number of hydrogen-bond acceptors (Lipinski definition) is 6. The molecule has 188 valence electrons. The lowest BCUT2D eigenvalue weighted by Crippen LogP contribution is -2.33. The van der Waals surface area contributed by atoms with Crippen LogP contribution in [0.2, 0.25) is 0 Å². The van der Waals surface area contributed by atoms with Crippen LogP contribution in [0.25, 0.3) is 22.4 Å². The molecule has 0 saturated heterocycles. The van der Waals surface area contributed by atoms with Crippen LogP contribution in [-0.4, -0.2) is 56.9 Å². The zero-order valence-corrected chi connectivity index (χ0v) is 21.9. The van der Waals surface area contributed by atoms with E-state index in [4.69, 9.17) is 4.42 Å². The van der Waals surface area contributed by atoms with Gasteiger partial charge in [0.05, 0.1) is 17.2 Å². The molecule has 1 fully saturated rings. The van der Waals surface area contributed by atoms with Crippen molar-refractivity contribution in [1.29, 1.82) is 0 Å². The van der Waals surface area contributed by atoms with Gasteiger partial charge in [-0.3, -0.25) is 13.7 Å². The highest BCUT2D eigenvalue weighted by Crippen LogP contribution is 2.47. The number of aryl methyl sites for hydroxylation is 1. The highest BCUT2D eigenvalue weighted by atomic mass is 32.2. The number of rotatable bonds is 9. The third-order valence-electron chi connectivity index (χ3n) is 6.05. The van der Waals surface area contributed by atoms with E-state index in [9.17, 15) is 22.7 Å². The van der Waals surface area contributed by atoms with Gasteiger partial charge in [0.25, 0.3) is 5.91 Å². The molecule has 1 aliphatic carbocycles. The van der Waals surface area contributed by atoms with E-state index in [0.29, 0.717) is 22.3 Å². The molecule has 1 aliphatic rings. The van der Waals surface area contributed by atoms with Gasteiger partial charge in [0.1, 0.15) is 11.6 Å². The number of hydrogen-bond donors (Lipinski definition) is 2. The van der Waals surface area contributed by atoms with Crippen molar-refractivity contribution < 1.29 is 27.1 Å². The molecule has 35 heavy (non-hydrogen) atoms. The first-order valence-corrected chi connectivity index (χ1v) is 15.6. The van der Waals surface area contributed by atoms with Crippen molar-refractivity contribution in [2.45, 2.75) is 32.1 Å². The lowest BCUT2D eigenvalue weighted by Gasteiger charge is -2.24. The number of furan rings is 1. The Morgan fingerprint density at radius 1 is 1.29 bits per heavy atom. The minimum Gasteiger partial charge on any atom is -0.437 e. The summed E-state index contributed by atoms with van der Waals surface area (Å²) in [5.41, 5.74) is 3.02. The number of benzene rings is 1. The fraction of sp³-hybridized carbons (Fsp3) is 0.417. The minimum atomic E-state index is -3.74. The summed E-state index contributed by atoms with van der Waals surface area (Å²) in [5.74, 6) is 0.414. The number of anilines is 1. The van der Waals surface area contributed by atoms with Crippen molar-refractivity contribution in [3.8, 4) is 11.3 Å². The zero-order chi connectivity index (χ0) is 25.5. The van der Waals surface area contributed by atoms with E-state index in [1.165, 1.54) is 11.0 Å². The van der Waals surface area contributed by atoms with Gasteiger partial charge < -0.3 is 14.6 Å². The molecule has 1 saturated carbocycles. The number of amides is 1. The van der Waals surface area contributed by atoms with Crippen LogP contribution in [0.5, 0.6) is 0 Å². The molecule has 3 aromatic rings. The summed E-state index contributed by atoms with van der Waals surface area (Å²) < 4.78 is 44.5. The van der Waals surface area contributed by atoms with Gasteiger partial charge in [-0.05, 0) is 43.7 Å². The first kappa shape index (κ1) is 25.4. The third-order valence-corrected chi connectivity index (χ3v) is 8.35. The van der Waals surface area contributed by atoms with E-state index >= 15 is 0 Å². The van der Waals surface area contributed by atoms with E-state index in [-0.39, 0.29) is 42.5 Å². The number of pyridine rings is 1. The molecule has 0 radical (unpaired) electrons. The average Bonchev–Trinajstić information content (AvgIpc) is 3.55. The Kier molecular flexibility index (Phi) is 6.83. The Hall–Kier alpha value is -2.68. The molecule has 1 unspecified atom stereocenters. The summed E-state index contributed by atoms with van der Waals surface area (Å²) in [6, 6.07) is 9.38. The first-order valence-electron chi connectivity index (χ1n) is 11.4. The number of fused-ring (bicyclic) bond motifs is 1. The van der Waals surface area contributed by atoms with Crippen molar-refractivity contribution in [2.75, 3.05) is 37.0 Å². The Labute approximate surface area is 205 Å². The monoisotopic (exact) mass is 519 g/mol. The molecular formula is C24H30N3O6PS. The van der Waals surface area contributed by atoms with E-state index in [2.05, 4.69) is 10.3 Å². The molecular weight excluding hydrogens is 489 g/mol. The highest BCUT2D eigenvalue weighted by molar-refractivity contribution is 7.92. The zero-order valence-electron chi connectivity index (χ0n) is 20.2. The van der Waals surface area contributed by atoms with Crippen LogP contribution >= 0.6 is 7.37 Å².